The lowest BCUT2D eigenvalue weighted by molar-refractivity contribution is -0.143. The quantitative estimate of drug-likeness (QED) is 0.447. The third-order valence-electron chi connectivity index (χ3n) is 4.01. The van der Waals surface area contributed by atoms with E-state index >= 15 is 0 Å². The second-order valence-corrected chi connectivity index (χ2v) is 6.14. The predicted octanol–water partition coefficient (Wildman–Crippen LogP) is 4.32. The number of halogens is 1. The molecule has 0 fully saturated rings. The maximum atomic E-state index is 12.0. The Kier molecular flexibility index (Phi) is 5.76. The number of aromatic nitrogens is 3. The summed E-state index contributed by atoms with van der Waals surface area (Å²) in [5.41, 5.74) is 2.77. The van der Waals surface area contributed by atoms with Gasteiger partial charge in [-0.1, -0.05) is 36.4 Å². The van der Waals surface area contributed by atoms with E-state index in [4.69, 9.17) is 21.1 Å². The number of carbonyl (C=O) groups excluding carboxylic acids is 1. The van der Waals surface area contributed by atoms with E-state index in [-0.39, 0.29) is 12.5 Å². The number of rotatable bonds is 7. The van der Waals surface area contributed by atoms with Crippen molar-refractivity contribution in [2.24, 2.45) is 0 Å². The van der Waals surface area contributed by atoms with Gasteiger partial charge in [-0.3, -0.25) is 4.79 Å². The van der Waals surface area contributed by atoms with Gasteiger partial charge in [0.2, 0.25) is 0 Å². The van der Waals surface area contributed by atoms with Gasteiger partial charge >= 0.3 is 5.97 Å². The molecule has 0 atom stereocenters. The van der Waals surface area contributed by atoms with E-state index < -0.39 is 0 Å². The van der Waals surface area contributed by atoms with Crippen LogP contribution in [0, 0.1) is 0 Å². The minimum absolute atomic E-state index is 0.0341. The summed E-state index contributed by atoms with van der Waals surface area (Å²) < 4.78 is 12.4. The lowest BCUT2D eigenvalue weighted by atomic mass is 10.0. The Hall–Kier alpha value is -2.86. The highest BCUT2D eigenvalue weighted by Crippen LogP contribution is 2.37. The van der Waals surface area contributed by atoms with Gasteiger partial charge in [-0.25, -0.2) is 9.97 Å². The van der Waals surface area contributed by atoms with Gasteiger partial charge in [-0.2, -0.15) is 0 Å². The van der Waals surface area contributed by atoms with Gasteiger partial charge in [0.25, 0.3) is 0 Å². The summed E-state index contributed by atoms with van der Waals surface area (Å²) in [7, 11) is 0. The summed E-state index contributed by atoms with van der Waals surface area (Å²) >= 11 is 6.42. The molecular weight excluding hydrogens is 366 g/mol. The van der Waals surface area contributed by atoms with E-state index in [1.54, 1.807) is 11.5 Å². The van der Waals surface area contributed by atoms with Gasteiger partial charge in [0.1, 0.15) is 30.0 Å². The van der Waals surface area contributed by atoms with Crippen molar-refractivity contribution in [2.75, 3.05) is 13.2 Å². The molecule has 0 amide bonds. The zero-order valence-electron chi connectivity index (χ0n) is 15.2. The molecular formula is C20H20ClN3O3. The first kappa shape index (κ1) is 18.9. The molecule has 0 aliphatic carbocycles. The molecule has 0 saturated carbocycles. The van der Waals surface area contributed by atoms with Crippen molar-refractivity contribution in [2.45, 2.75) is 20.4 Å². The Morgan fingerprint density at radius 2 is 1.89 bits per heavy atom. The van der Waals surface area contributed by atoms with Gasteiger partial charge < -0.3 is 14.0 Å². The van der Waals surface area contributed by atoms with Gasteiger partial charge in [0.05, 0.1) is 18.6 Å². The summed E-state index contributed by atoms with van der Waals surface area (Å²) in [6.45, 7) is 8.44. The molecule has 2 aromatic heterocycles. The fourth-order valence-corrected chi connectivity index (χ4v) is 3.17. The van der Waals surface area contributed by atoms with Crippen LogP contribution in [0.2, 0.25) is 5.02 Å². The normalized spacial score (nSPS) is 10.8. The standard InChI is InChI=1S/C20H20ClN3O3/c1-4-26-13(3)19-18-15(14-8-6-7-9-16(14)21)10-24(11-17(25)27-5-2)20(18)23-12-22-19/h6-10,12H,3-5,11H2,1-2H3. The number of hydrogen-bond acceptors (Lipinski definition) is 5. The third-order valence-corrected chi connectivity index (χ3v) is 4.33. The lowest BCUT2D eigenvalue weighted by Crippen LogP contribution is -2.13. The topological polar surface area (TPSA) is 66.2 Å². The van der Waals surface area contributed by atoms with Crippen molar-refractivity contribution < 1.29 is 14.3 Å². The first-order valence-electron chi connectivity index (χ1n) is 8.63. The van der Waals surface area contributed by atoms with E-state index in [1.165, 1.54) is 6.33 Å². The summed E-state index contributed by atoms with van der Waals surface area (Å²) in [5, 5.41) is 1.32. The molecule has 0 spiro atoms. The first-order valence-corrected chi connectivity index (χ1v) is 9.01. The molecule has 140 valence electrons. The average molecular weight is 386 g/mol. The molecule has 0 radical (unpaired) electrons. The number of fused-ring (bicyclic) bond motifs is 1. The number of carbonyl (C=O) groups is 1. The van der Waals surface area contributed by atoms with Crippen LogP contribution in [0.25, 0.3) is 27.9 Å². The largest absolute Gasteiger partial charge is 0.492 e. The highest BCUT2D eigenvalue weighted by Gasteiger charge is 2.21. The van der Waals surface area contributed by atoms with E-state index in [0.717, 1.165) is 16.5 Å². The van der Waals surface area contributed by atoms with Crippen molar-refractivity contribution >= 4 is 34.4 Å². The van der Waals surface area contributed by atoms with E-state index in [0.29, 0.717) is 35.3 Å². The van der Waals surface area contributed by atoms with Crippen LogP contribution in [-0.4, -0.2) is 33.7 Å². The maximum absolute atomic E-state index is 12.0. The second kappa shape index (κ2) is 8.22. The molecule has 1 aromatic carbocycles. The molecule has 0 unspecified atom stereocenters. The van der Waals surface area contributed by atoms with Crippen molar-refractivity contribution in [3.63, 3.8) is 0 Å². The molecule has 0 aliphatic rings. The zero-order valence-corrected chi connectivity index (χ0v) is 16.0. The van der Waals surface area contributed by atoms with Crippen LogP contribution in [0.4, 0.5) is 0 Å². The smallest absolute Gasteiger partial charge is 0.325 e. The Morgan fingerprint density at radius 3 is 2.59 bits per heavy atom. The predicted molar refractivity (Wildman–Crippen MR) is 105 cm³/mol. The summed E-state index contributed by atoms with van der Waals surface area (Å²) in [6, 6.07) is 7.48. The SMILES string of the molecule is C=C(OCC)c1ncnc2c1c(-c1ccccc1Cl)cn2CC(=O)OCC. The summed E-state index contributed by atoms with van der Waals surface area (Å²) in [6.07, 6.45) is 3.26. The van der Waals surface area contributed by atoms with Gasteiger partial charge in [-0.05, 0) is 19.9 Å². The monoisotopic (exact) mass is 385 g/mol. The van der Waals surface area contributed by atoms with E-state index in [2.05, 4.69) is 16.5 Å². The molecule has 0 aliphatic heterocycles. The lowest BCUT2D eigenvalue weighted by Gasteiger charge is -2.09. The second-order valence-electron chi connectivity index (χ2n) is 5.73. The third kappa shape index (κ3) is 3.80. The molecule has 0 N–H and O–H groups in total. The van der Waals surface area contributed by atoms with Crippen LogP contribution in [0.5, 0.6) is 0 Å². The van der Waals surface area contributed by atoms with Crippen LogP contribution in [0.15, 0.2) is 43.4 Å². The molecule has 0 saturated heterocycles. The highest BCUT2D eigenvalue weighted by molar-refractivity contribution is 6.33. The molecule has 2 heterocycles. The zero-order chi connectivity index (χ0) is 19.4. The molecule has 6 nitrogen and oxygen atoms in total. The molecule has 7 heteroatoms. The molecule has 27 heavy (non-hydrogen) atoms. The van der Waals surface area contributed by atoms with Crippen molar-refractivity contribution in [3.8, 4) is 11.1 Å². The number of nitrogens with zero attached hydrogens (tertiary/aromatic N) is 3. The van der Waals surface area contributed by atoms with Crippen LogP contribution < -0.4 is 0 Å². The van der Waals surface area contributed by atoms with Gasteiger partial charge in [0.15, 0.2) is 0 Å². The number of esters is 1. The highest BCUT2D eigenvalue weighted by atomic mass is 35.5. The first-order chi connectivity index (χ1) is 13.1. The minimum Gasteiger partial charge on any atom is -0.492 e. The van der Waals surface area contributed by atoms with Crippen molar-refractivity contribution in [3.05, 3.63) is 54.1 Å². The van der Waals surface area contributed by atoms with Crippen LogP contribution in [0.3, 0.4) is 0 Å². The van der Waals surface area contributed by atoms with E-state index in [1.807, 2.05) is 37.4 Å². The molecule has 3 rings (SSSR count). The number of hydrogen-bond donors (Lipinski definition) is 0. The fraction of sp³-hybridized carbons (Fsp3) is 0.250. The van der Waals surface area contributed by atoms with Crippen molar-refractivity contribution in [1.82, 2.24) is 14.5 Å². The van der Waals surface area contributed by atoms with Crippen LogP contribution in [-0.2, 0) is 20.8 Å². The fourth-order valence-electron chi connectivity index (χ4n) is 2.93. The number of benzene rings is 1. The Balaban J connectivity index is 2.24. The van der Waals surface area contributed by atoms with Crippen LogP contribution in [0.1, 0.15) is 19.5 Å². The summed E-state index contributed by atoms with van der Waals surface area (Å²) in [4.78, 5) is 20.8. The maximum Gasteiger partial charge on any atom is 0.325 e. The minimum atomic E-state index is -0.344. The molecule has 0 bridgehead atoms. The summed E-state index contributed by atoms with van der Waals surface area (Å²) in [5.74, 6) is 0.0935. The average Bonchev–Trinajstić information content (AvgIpc) is 3.01. The Bertz CT molecular complexity index is 997. The van der Waals surface area contributed by atoms with E-state index in [9.17, 15) is 4.79 Å². The Morgan fingerprint density at radius 1 is 1.15 bits per heavy atom. The van der Waals surface area contributed by atoms with Crippen molar-refractivity contribution in [1.29, 1.82) is 0 Å². The Labute approximate surface area is 162 Å². The van der Waals surface area contributed by atoms with Gasteiger partial charge in [0, 0.05) is 22.3 Å². The number of ether oxygens (including phenoxy) is 2. The van der Waals surface area contributed by atoms with Crippen LogP contribution >= 0.6 is 11.6 Å². The van der Waals surface area contributed by atoms with Gasteiger partial charge in [-0.15, -0.1) is 0 Å². The molecule has 3 aromatic rings.